The van der Waals surface area contributed by atoms with E-state index in [4.69, 9.17) is 20.4 Å². The third kappa shape index (κ3) is 14.1. The number of rotatable bonds is 14. The standard InChI is InChI=1S/C52H46BN3O.C52H48ClN3O/c1-51(2,3)35-27-30-47-42(31-35)49-50(57-47)53-43-29-28-41(54(37-19-11-7-12-20-37)38-21-13-8-14-22-38)34-44(43)55(39-23-15-9-16-24-39)45-32-36(52(4,5)6)33-46(48(45)53)56(49)40-25-17-10-18-26-40;1-51(2,3)37-30-31-49-45(32-37)48(36-57-49)56(42-26-17-10-18-27-42)47-34-38(52(4,5)6)33-46(50(47)53)55(41-24-15-9-16-25-41)44-29-19-28-43(35-44)54(39-20-11-7-12-21-39)40-22-13-8-14-23-40/h7-34H,1-6H3;7-36H,1-6H3. The molecule has 0 saturated heterocycles. The first kappa shape index (κ1) is 74.1. The van der Waals surface area contributed by atoms with E-state index in [2.05, 4.69) is 452 Å². The maximum absolute atomic E-state index is 7.91. The van der Waals surface area contributed by atoms with Crippen molar-refractivity contribution in [2.24, 2.45) is 0 Å². The third-order valence-corrected chi connectivity index (χ3v) is 22.5. The Morgan fingerprint density at radius 2 is 0.658 bits per heavy atom. The van der Waals surface area contributed by atoms with Crippen LogP contribution >= 0.6 is 11.6 Å². The topological polar surface area (TPSA) is 45.7 Å². The Morgan fingerprint density at radius 3 is 1.12 bits per heavy atom. The quantitative estimate of drug-likeness (QED) is 0.0998. The predicted molar refractivity (Wildman–Crippen MR) is 485 cm³/mol. The average Bonchev–Trinajstić information content (AvgIpc) is 1.32. The molecule has 2 aliphatic heterocycles. The number of nitrogens with zero attached hydrogens (tertiary/aromatic N) is 6. The Bertz CT molecular complexity index is 6040. The number of furan rings is 2. The molecule has 0 amide bonds. The Hall–Kier alpha value is -12.7. The molecule has 0 N–H and O–H groups in total. The minimum atomic E-state index is -0.212. The first-order chi connectivity index (χ1) is 55.0. The highest BCUT2D eigenvalue weighted by Gasteiger charge is 2.48. The van der Waals surface area contributed by atoms with Crippen molar-refractivity contribution >= 4 is 159 Å². The molecule has 114 heavy (non-hydrogen) atoms. The van der Waals surface area contributed by atoms with Gasteiger partial charge in [-0.15, -0.1) is 0 Å². The van der Waals surface area contributed by atoms with Crippen LogP contribution in [0, 0.1) is 0 Å². The summed E-state index contributed by atoms with van der Waals surface area (Å²) >= 11 is 7.91. The van der Waals surface area contributed by atoms with Crippen LogP contribution in [-0.4, -0.2) is 6.71 Å². The molecule has 14 aromatic carbocycles. The van der Waals surface area contributed by atoms with Crippen molar-refractivity contribution in [2.75, 3.05) is 29.4 Å². The van der Waals surface area contributed by atoms with Crippen LogP contribution in [0.5, 0.6) is 0 Å². The lowest BCUT2D eigenvalue weighted by molar-refractivity contribution is 0.589. The average molecular weight is 1510 g/mol. The molecule has 0 fully saturated rings. The van der Waals surface area contributed by atoms with Crippen molar-refractivity contribution in [1.29, 1.82) is 0 Å². The second kappa shape index (κ2) is 29.8. The van der Waals surface area contributed by atoms with Crippen molar-refractivity contribution in [3.63, 3.8) is 0 Å². The van der Waals surface area contributed by atoms with Crippen molar-refractivity contribution in [1.82, 2.24) is 0 Å². The number of para-hydroxylation sites is 8. The zero-order valence-electron chi connectivity index (χ0n) is 66.9. The van der Waals surface area contributed by atoms with Gasteiger partial charge in [0.05, 0.1) is 33.4 Å². The third-order valence-electron chi connectivity index (χ3n) is 22.1. The van der Waals surface area contributed by atoms with E-state index in [0.29, 0.717) is 5.02 Å². The minimum absolute atomic E-state index is 0.0253. The highest BCUT2D eigenvalue weighted by atomic mass is 35.5. The van der Waals surface area contributed by atoms with Gasteiger partial charge in [0.25, 0.3) is 6.71 Å². The van der Waals surface area contributed by atoms with Gasteiger partial charge in [-0.2, -0.15) is 0 Å². The molecule has 2 aliphatic rings. The number of hydrogen-bond donors (Lipinski definition) is 0. The molecule has 0 atom stereocenters. The lowest BCUT2D eigenvalue weighted by Gasteiger charge is -2.43. The summed E-state index contributed by atoms with van der Waals surface area (Å²) in [6.45, 7) is 27.2. The Labute approximate surface area is 677 Å². The molecule has 0 unspecified atom stereocenters. The maximum Gasteiger partial charge on any atom is 0.297 e. The van der Waals surface area contributed by atoms with E-state index in [1.165, 1.54) is 39.0 Å². The molecule has 0 bridgehead atoms. The fourth-order valence-corrected chi connectivity index (χ4v) is 16.5. The minimum Gasteiger partial charge on any atom is -0.468 e. The second-order valence-electron chi connectivity index (χ2n) is 34.0. The monoisotopic (exact) mass is 1500 g/mol. The Balaban J connectivity index is 0.000000165. The SMILES string of the molecule is CC(C)(C)c1cc(N(c2ccccc2)c2cccc(N(c3ccccc3)c3ccccc3)c2)c(Cl)c(N(c2ccccc2)c2coc3ccc(C(C)(C)C)cc23)c1.CC(C)(C)c1cc2c3c(c1)N(c1ccccc1)c1c(oc4ccc(C(C)(C)C)cc14)B3c1ccc(N(c3ccccc3)c3ccccc3)cc1N2c1ccccc1. The van der Waals surface area contributed by atoms with E-state index in [-0.39, 0.29) is 28.4 Å². The van der Waals surface area contributed by atoms with Gasteiger partial charge in [-0.25, -0.2) is 0 Å². The van der Waals surface area contributed by atoms with Crippen molar-refractivity contribution < 1.29 is 8.83 Å². The van der Waals surface area contributed by atoms with E-state index < -0.39 is 0 Å². The van der Waals surface area contributed by atoms with Crippen LogP contribution in [0.1, 0.15) is 105 Å². The molecule has 16 aromatic rings. The molecule has 8 nitrogen and oxygen atoms in total. The largest absolute Gasteiger partial charge is 0.468 e. The van der Waals surface area contributed by atoms with Gasteiger partial charge in [-0.05, 0) is 231 Å². The van der Waals surface area contributed by atoms with Crippen molar-refractivity contribution in [3.8, 4) is 0 Å². The number of benzene rings is 14. The van der Waals surface area contributed by atoms with Crippen LogP contribution in [-0.2, 0) is 21.7 Å². The van der Waals surface area contributed by atoms with Gasteiger partial charge in [0, 0.05) is 90.4 Å². The van der Waals surface area contributed by atoms with E-state index in [0.717, 1.165) is 124 Å². The lowest BCUT2D eigenvalue weighted by atomic mass is 9.35. The first-order valence-corrected chi connectivity index (χ1v) is 40.0. The Morgan fingerprint density at radius 1 is 0.289 bits per heavy atom. The molecule has 4 heterocycles. The van der Waals surface area contributed by atoms with E-state index >= 15 is 0 Å². The highest BCUT2D eigenvalue weighted by Crippen LogP contribution is 2.54. The summed E-state index contributed by atoms with van der Waals surface area (Å²) in [5.41, 5.74) is 28.6. The predicted octanol–water partition coefficient (Wildman–Crippen LogP) is 28.7. The van der Waals surface area contributed by atoms with Crippen LogP contribution in [0.2, 0.25) is 5.02 Å². The van der Waals surface area contributed by atoms with Crippen molar-refractivity contribution in [2.45, 2.75) is 105 Å². The van der Waals surface area contributed by atoms with E-state index in [9.17, 15) is 0 Å². The molecule has 18 rings (SSSR count). The maximum atomic E-state index is 7.91. The fourth-order valence-electron chi connectivity index (χ4n) is 16.2. The summed E-state index contributed by atoms with van der Waals surface area (Å²) < 4.78 is 13.5. The number of hydrogen-bond acceptors (Lipinski definition) is 8. The van der Waals surface area contributed by atoms with Crippen LogP contribution in [0.4, 0.5) is 102 Å². The van der Waals surface area contributed by atoms with Gasteiger partial charge in [0.15, 0.2) is 0 Å². The summed E-state index contributed by atoms with van der Waals surface area (Å²) in [5, 5.41) is 2.78. The summed E-state index contributed by atoms with van der Waals surface area (Å²) in [7, 11) is 0. The summed E-state index contributed by atoms with van der Waals surface area (Å²) in [5.74, 6) is 0. The molecular weight excluding hydrogens is 1410 g/mol. The highest BCUT2D eigenvalue weighted by molar-refractivity contribution is 7.00. The van der Waals surface area contributed by atoms with Crippen LogP contribution < -0.4 is 46.0 Å². The molecule has 10 heteroatoms. The first-order valence-electron chi connectivity index (χ1n) is 39.6. The zero-order chi connectivity index (χ0) is 78.8. The van der Waals surface area contributed by atoms with Crippen molar-refractivity contribution in [3.05, 3.63) is 379 Å². The van der Waals surface area contributed by atoms with Gasteiger partial charge in [0.2, 0.25) is 0 Å². The fraction of sp³-hybridized carbons (Fsp3) is 0.154. The summed E-state index contributed by atoms with van der Waals surface area (Å²) in [6.07, 6.45) is 1.87. The van der Waals surface area contributed by atoms with Crippen LogP contribution in [0.3, 0.4) is 0 Å². The molecule has 562 valence electrons. The normalized spacial score (nSPS) is 12.6. The van der Waals surface area contributed by atoms with Gasteiger partial charge in [-0.3, -0.25) is 0 Å². The number of fused-ring (bicyclic) bond motifs is 7. The number of anilines is 18. The second-order valence-corrected chi connectivity index (χ2v) is 34.4. The molecule has 0 spiro atoms. The molecule has 2 aromatic heterocycles. The zero-order valence-corrected chi connectivity index (χ0v) is 67.7. The van der Waals surface area contributed by atoms with Gasteiger partial charge in [0.1, 0.15) is 17.4 Å². The molecule has 0 radical (unpaired) electrons. The Kier molecular flexibility index (Phi) is 19.3. The molecule has 0 aliphatic carbocycles. The summed E-state index contributed by atoms with van der Waals surface area (Å²) in [6, 6.07) is 123. The van der Waals surface area contributed by atoms with E-state index in [1.54, 1.807) is 0 Å². The van der Waals surface area contributed by atoms with Crippen LogP contribution in [0.25, 0.3) is 21.9 Å². The van der Waals surface area contributed by atoms with Gasteiger partial charge < -0.3 is 38.2 Å². The van der Waals surface area contributed by atoms with Crippen LogP contribution in [0.15, 0.2) is 361 Å². The smallest absolute Gasteiger partial charge is 0.297 e. The van der Waals surface area contributed by atoms with Gasteiger partial charge >= 0.3 is 0 Å². The molecule has 0 saturated carbocycles. The van der Waals surface area contributed by atoms with E-state index in [1.807, 2.05) is 12.3 Å². The number of halogens is 1. The van der Waals surface area contributed by atoms with Gasteiger partial charge in [-0.1, -0.05) is 265 Å². The summed E-state index contributed by atoms with van der Waals surface area (Å²) in [4.78, 5) is 14.2. The molecular formula is C104H94BClN6O2. The lowest BCUT2D eigenvalue weighted by Crippen LogP contribution is -2.61.